The van der Waals surface area contributed by atoms with Gasteiger partial charge in [-0.1, -0.05) is 67.6 Å². The van der Waals surface area contributed by atoms with Gasteiger partial charge in [-0.05, 0) is 54.8 Å². The van der Waals surface area contributed by atoms with Crippen molar-refractivity contribution in [2.75, 3.05) is 0 Å². The zero-order valence-corrected chi connectivity index (χ0v) is 16.1. The van der Waals surface area contributed by atoms with Crippen LogP contribution in [0.15, 0.2) is 97.1 Å². The topological polar surface area (TPSA) is 0 Å². The highest BCUT2D eigenvalue weighted by molar-refractivity contribution is 8.14. The van der Waals surface area contributed by atoms with Gasteiger partial charge in [-0.3, -0.25) is 0 Å². The number of hydrogen-bond donors (Lipinski definition) is 0. The van der Waals surface area contributed by atoms with Gasteiger partial charge < -0.3 is 0 Å². The maximum absolute atomic E-state index is 7.39. The molecule has 3 aromatic carbocycles. The summed E-state index contributed by atoms with van der Waals surface area (Å²) in [6, 6.07) is 29.8. The van der Waals surface area contributed by atoms with E-state index in [2.05, 4.69) is 91.9 Å². The van der Waals surface area contributed by atoms with E-state index in [1.807, 2.05) is 12.1 Å². The van der Waals surface area contributed by atoms with Crippen LogP contribution in [-0.4, -0.2) is 0 Å². The summed E-state index contributed by atoms with van der Waals surface area (Å²) < 4.78 is 0. The molecule has 0 heterocycles. The van der Waals surface area contributed by atoms with Gasteiger partial charge in [0.05, 0.1) is 0 Å². The first kappa shape index (κ1) is 17.9. The van der Waals surface area contributed by atoms with Crippen molar-refractivity contribution in [1.82, 2.24) is 0 Å². The Morgan fingerprint density at radius 3 is 1.64 bits per heavy atom. The molecule has 0 amide bonds. The molecule has 3 rings (SSSR count). The summed E-state index contributed by atoms with van der Waals surface area (Å²) in [6.45, 7) is 0.0347. The minimum atomic E-state index is -2.12. The summed E-state index contributed by atoms with van der Waals surface area (Å²) in [5.41, 5.74) is 1.32. The third kappa shape index (κ3) is 4.03. The fraction of sp³-hybridized carbons (Fsp3) is 0.130. The van der Waals surface area contributed by atoms with Crippen molar-refractivity contribution in [3.05, 3.63) is 103 Å². The fourth-order valence-electron chi connectivity index (χ4n) is 2.94. The second-order valence-corrected chi connectivity index (χ2v) is 10.3. The molecule has 0 fully saturated rings. The van der Waals surface area contributed by atoms with Crippen LogP contribution in [0.5, 0.6) is 0 Å². The third-order valence-electron chi connectivity index (χ3n) is 4.27. The lowest BCUT2D eigenvalue weighted by Crippen LogP contribution is -2.27. The normalized spacial score (nSPS) is 11.8. The van der Waals surface area contributed by atoms with Crippen molar-refractivity contribution < 1.29 is 0 Å². The van der Waals surface area contributed by atoms with E-state index in [9.17, 15) is 0 Å². The third-order valence-corrected chi connectivity index (χ3v) is 9.06. The van der Waals surface area contributed by atoms with E-state index >= 15 is 0 Å². The molecule has 0 saturated carbocycles. The Kier molecular flexibility index (Phi) is 6.08. The maximum Gasteiger partial charge on any atom is 0.210 e. The monoisotopic (exact) mass is 365 g/mol. The Morgan fingerprint density at radius 2 is 1.16 bits per heavy atom. The summed E-state index contributed by atoms with van der Waals surface area (Å²) in [4.78, 5) is 0. The molecule has 0 aliphatic heterocycles. The Bertz CT molecular complexity index is 768. The molecule has 0 N–H and O–H groups in total. The van der Waals surface area contributed by atoms with Crippen LogP contribution in [0.4, 0.5) is 0 Å². The Balaban J connectivity index is 2.02. The zero-order chi connectivity index (χ0) is 17.5. The standard InChI is InChI=1S/C23H23ClP/c1-2-3-6-11-20-16-18-23(19-17-20)25(24,21-12-7-4-8-13-21)22-14-9-5-10-15-22/h3-10,12-19H,2,11H2,1H3/q+1/b6-3+. The molecular formula is C23H23ClP+. The van der Waals surface area contributed by atoms with Crippen molar-refractivity contribution in [3.63, 3.8) is 0 Å². The van der Waals surface area contributed by atoms with Crippen LogP contribution < -0.4 is 15.9 Å². The van der Waals surface area contributed by atoms with Gasteiger partial charge in [0.25, 0.3) is 0 Å². The molecule has 0 radical (unpaired) electrons. The minimum Gasteiger partial charge on any atom is -0.0885 e. The van der Waals surface area contributed by atoms with Gasteiger partial charge in [-0.25, -0.2) is 0 Å². The number of hydrogen-bond acceptors (Lipinski definition) is 0. The van der Waals surface area contributed by atoms with Gasteiger partial charge in [-0.2, -0.15) is 0 Å². The first-order valence-corrected chi connectivity index (χ1v) is 11.4. The van der Waals surface area contributed by atoms with E-state index in [0.717, 1.165) is 12.8 Å². The molecule has 0 unspecified atom stereocenters. The van der Waals surface area contributed by atoms with Crippen LogP contribution in [0.3, 0.4) is 0 Å². The van der Waals surface area contributed by atoms with Crippen LogP contribution >= 0.6 is 17.9 Å². The van der Waals surface area contributed by atoms with E-state index in [1.54, 1.807) is 0 Å². The van der Waals surface area contributed by atoms with Crippen molar-refractivity contribution in [2.24, 2.45) is 0 Å². The second-order valence-electron chi connectivity index (χ2n) is 6.01. The second kappa shape index (κ2) is 8.48. The van der Waals surface area contributed by atoms with E-state index in [1.165, 1.54) is 21.5 Å². The van der Waals surface area contributed by atoms with Crippen LogP contribution in [0.25, 0.3) is 0 Å². The summed E-state index contributed by atoms with van der Waals surface area (Å²) in [7, 11) is 0. The summed E-state index contributed by atoms with van der Waals surface area (Å²) in [5.74, 6) is 0. The first-order valence-electron chi connectivity index (χ1n) is 8.69. The predicted molar refractivity (Wildman–Crippen MR) is 114 cm³/mol. The average molecular weight is 366 g/mol. The zero-order valence-electron chi connectivity index (χ0n) is 14.5. The minimum absolute atomic E-state index is 0.971. The Hall–Kier alpha value is -1.88. The van der Waals surface area contributed by atoms with Crippen LogP contribution in [0.2, 0.25) is 0 Å². The van der Waals surface area contributed by atoms with Gasteiger partial charge in [0, 0.05) is 0 Å². The molecule has 0 saturated heterocycles. The lowest BCUT2D eigenvalue weighted by atomic mass is 10.1. The van der Waals surface area contributed by atoms with Crippen LogP contribution in [0.1, 0.15) is 18.9 Å². The van der Waals surface area contributed by atoms with Crippen molar-refractivity contribution in [1.29, 1.82) is 0 Å². The predicted octanol–water partition coefficient (Wildman–Crippen LogP) is 5.64. The molecule has 25 heavy (non-hydrogen) atoms. The number of allylic oxidation sites excluding steroid dienone is 2. The highest BCUT2D eigenvalue weighted by Crippen LogP contribution is 2.60. The number of rotatable bonds is 6. The van der Waals surface area contributed by atoms with E-state index in [4.69, 9.17) is 11.2 Å². The molecule has 126 valence electrons. The van der Waals surface area contributed by atoms with Crippen LogP contribution in [-0.2, 0) is 6.42 Å². The van der Waals surface area contributed by atoms with Gasteiger partial charge in [0.15, 0.2) is 0 Å². The summed E-state index contributed by atoms with van der Waals surface area (Å²) in [5, 5.41) is 3.60. The van der Waals surface area contributed by atoms with Crippen LogP contribution in [0, 0.1) is 0 Å². The van der Waals surface area contributed by atoms with Gasteiger partial charge >= 0.3 is 0 Å². The quantitative estimate of drug-likeness (QED) is 0.391. The molecule has 0 aliphatic carbocycles. The molecule has 0 nitrogen and oxygen atoms in total. The van der Waals surface area contributed by atoms with Crippen molar-refractivity contribution >= 4 is 33.8 Å². The highest BCUT2D eigenvalue weighted by atomic mass is 35.7. The van der Waals surface area contributed by atoms with Gasteiger partial charge in [-0.15, -0.1) is 0 Å². The molecule has 3 aromatic rings. The molecule has 0 aliphatic rings. The lowest BCUT2D eigenvalue weighted by molar-refractivity contribution is 1.18. The smallest absolute Gasteiger partial charge is 0.0885 e. The maximum atomic E-state index is 7.39. The molecular weight excluding hydrogens is 343 g/mol. The fourth-order valence-corrected chi connectivity index (χ4v) is 6.57. The molecule has 0 spiro atoms. The summed E-state index contributed by atoms with van der Waals surface area (Å²) >= 11 is 7.39. The molecule has 0 aromatic heterocycles. The van der Waals surface area contributed by atoms with Crippen molar-refractivity contribution in [2.45, 2.75) is 19.8 Å². The molecule has 0 bridgehead atoms. The highest BCUT2D eigenvalue weighted by Gasteiger charge is 2.44. The Labute approximate surface area is 156 Å². The molecule has 0 atom stereocenters. The number of benzene rings is 3. The van der Waals surface area contributed by atoms with Gasteiger partial charge in [0.1, 0.15) is 27.2 Å². The van der Waals surface area contributed by atoms with E-state index in [0.29, 0.717) is 0 Å². The van der Waals surface area contributed by atoms with E-state index < -0.39 is 6.62 Å². The average Bonchev–Trinajstić information content (AvgIpc) is 2.69. The SMILES string of the molecule is CC/C=C/Cc1ccc([P+](Cl)(c2ccccc2)c2ccccc2)cc1. The summed E-state index contributed by atoms with van der Waals surface area (Å²) in [6.07, 6.45) is 6.49. The largest absolute Gasteiger partial charge is 0.210 e. The number of halogens is 1. The Morgan fingerprint density at radius 1 is 0.680 bits per heavy atom. The first-order chi connectivity index (χ1) is 12.2. The lowest BCUT2D eigenvalue weighted by Gasteiger charge is -2.19. The van der Waals surface area contributed by atoms with Crippen molar-refractivity contribution in [3.8, 4) is 0 Å². The van der Waals surface area contributed by atoms with E-state index in [-0.39, 0.29) is 0 Å². The molecule has 2 heteroatoms. The van der Waals surface area contributed by atoms with Gasteiger partial charge in [0.2, 0.25) is 6.62 Å².